The highest BCUT2D eigenvalue weighted by molar-refractivity contribution is 6.31. The van der Waals surface area contributed by atoms with Gasteiger partial charge in [-0.25, -0.2) is 18.7 Å². The zero-order valence-corrected chi connectivity index (χ0v) is 15.7. The number of amides is 2. The van der Waals surface area contributed by atoms with Crippen molar-refractivity contribution < 1.29 is 23.1 Å². The number of carbonyl (C=O) groups excluding carboxylic acids is 2. The number of ether oxygens (including phenoxy) is 1. The van der Waals surface area contributed by atoms with Gasteiger partial charge in [-0.3, -0.25) is 9.59 Å². The van der Waals surface area contributed by atoms with Crippen molar-refractivity contribution in [3.05, 3.63) is 46.2 Å². The zero-order valence-electron chi connectivity index (χ0n) is 14.9. The van der Waals surface area contributed by atoms with Gasteiger partial charge in [0, 0.05) is 36.5 Å². The first-order valence-electron chi connectivity index (χ1n) is 8.51. The minimum absolute atomic E-state index is 0.0832. The normalized spacial score (nSPS) is 13.0. The van der Waals surface area contributed by atoms with Crippen LogP contribution in [0.15, 0.2) is 24.5 Å². The van der Waals surface area contributed by atoms with E-state index in [2.05, 4.69) is 15.3 Å². The monoisotopic (exact) mass is 410 g/mol. The van der Waals surface area contributed by atoms with Gasteiger partial charge >= 0.3 is 0 Å². The van der Waals surface area contributed by atoms with E-state index >= 15 is 0 Å². The van der Waals surface area contributed by atoms with E-state index in [9.17, 15) is 18.4 Å². The first-order valence-corrected chi connectivity index (χ1v) is 8.89. The summed E-state index contributed by atoms with van der Waals surface area (Å²) in [7, 11) is 0. The van der Waals surface area contributed by atoms with Gasteiger partial charge in [0.1, 0.15) is 10.8 Å². The molecule has 0 aromatic carbocycles. The van der Waals surface area contributed by atoms with E-state index in [0.717, 1.165) is 0 Å². The number of nitrogens with one attached hydrogen (secondary N) is 1. The number of pyridine rings is 2. The molecule has 2 aromatic rings. The number of alkyl halides is 2. The predicted octanol–water partition coefficient (Wildman–Crippen LogP) is 3.28. The van der Waals surface area contributed by atoms with E-state index in [1.165, 1.54) is 18.5 Å². The van der Waals surface area contributed by atoms with Crippen LogP contribution in [-0.2, 0) is 17.9 Å². The first-order chi connectivity index (χ1) is 13.4. The number of carbonyl (C=O) groups is 2. The molecular weight excluding hydrogens is 394 g/mol. The summed E-state index contributed by atoms with van der Waals surface area (Å²) >= 11 is 6.03. The molecule has 0 bridgehead atoms. The molecule has 148 valence electrons. The molecule has 0 unspecified atom stereocenters. The Morgan fingerprint density at radius 2 is 2.21 bits per heavy atom. The maximum atomic E-state index is 12.7. The molecule has 3 rings (SSSR count). The van der Waals surface area contributed by atoms with Gasteiger partial charge < -0.3 is 15.0 Å². The number of halogens is 3. The van der Waals surface area contributed by atoms with Gasteiger partial charge in [-0.05, 0) is 17.7 Å². The third kappa shape index (κ3) is 4.36. The van der Waals surface area contributed by atoms with Crippen molar-refractivity contribution in [2.75, 3.05) is 11.9 Å². The van der Waals surface area contributed by atoms with E-state index in [-0.39, 0.29) is 35.8 Å². The number of rotatable bonds is 7. The van der Waals surface area contributed by atoms with Gasteiger partial charge in [-0.2, -0.15) is 0 Å². The van der Waals surface area contributed by atoms with Crippen molar-refractivity contribution in [1.29, 1.82) is 0 Å². The van der Waals surface area contributed by atoms with Crippen molar-refractivity contribution in [3.8, 4) is 5.88 Å². The van der Waals surface area contributed by atoms with Crippen LogP contribution in [-0.4, -0.2) is 39.7 Å². The average molecular weight is 411 g/mol. The summed E-state index contributed by atoms with van der Waals surface area (Å²) in [6, 6.07) is 3.12. The van der Waals surface area contributed by atoms with E-state index in [0.29, 0.717) is 28.9 Å². The molecule has 10 heteroatoms. The first kappa shape index (κ1) is 19.9. The topological polar surface area (TPSA) is 84.4 Å². The Morgan fingerprint density at radius 3 is 2.89 bits per heavy atom. The fourth-order valence-corrected chi connectivity index (χ4v) is 3.01. The number of anilines is 1. The summed E-state index contributed by atoms with van der Waals surface area (Å²) in [5.41, 5.74) is 1.73. The Labute approximate surface area is 164 Å². The Morgan fingerprint density at radius 1 is 1.43 bits per heavy atom. The number of hydrogen-bond acceptors (Lipinski definition) is 5. The smallest absolute Gasteiger partial charge is 0.272 e. The summed E-state index contributed by atoms with van der Waals surface area (Å²) in [5, 5.41) is 2.78. The second-order valence-corrected chi connectivity index (χ2v) is 6.49. The Hall–Kier alpha value is -2.81. The van der Waals surface area contributed by atoms with E-state index in [4.69, 9.17) is 16.3 Å². The maximum absolute atomic E-state index is 12.7. The standard InChI is InChI=1S/C18H17ClF2N4O3/c1-2-15(26)24-16-12-8-25(18(27)11(12)3-4-22-16)7-10-5-13(19)17(23-6-10)28-9-14(20)21/h3-6,14H,2,7-9H2,1H3,(H,22,24,26). The molecule has 1 N–H and O–H groups in total. The predicted molar refractivity (Wildman–Crippen MR) is 97.5 cm³/mol. The molecule has 0 radical (unpaired) electrons. The molecule has 0 aliphatic carbocycles. The highest BCUT2D eigenvalue weighted by atomic mass is 35.5. The molecule has 1 aliphatic rings. The number of hydrogen-bond donors (Lipinski definition) is 1. The lowest BCUT2D eigenvalue weighted by Gasteiger charge is -2.16. The minimum Gasteiger partial charge on any atom is -0.471 e. The van der Waals surface area contributed by atoms with Gasteiger partial charge in [0.05, 0.1) is 6.54 Å². The van der Waals surface area contributed by atoms with Crippen molar-refractivity contribution in [3.63, 3.8) is 0 Å². The fourth-order valence-electron chi connectivity index (χ4n) is 2.76. The Kier molecular flexibility index (Phi) is 6.03. The van der Waals surface area contributed by atoms with Crippen LogP contribution >= 0.6 is 11.6 Å². The highest BCUT2D eigenvalue weighted by Gasteiger charge is 2.30. The lowest BCUT2D eigenvalue weighted by molar-refractivity contribution is -0.115. The quantitative estimate of drug-likeness (QED) is 0.757. The number of nitrogens with zero attached hydrogens (tertiary/aromatic N) is 3. The summed E-state index contributed by atoms with van der Waals surface area (Å²) in [6.45, 7) is 1.39. The van der Waals surface area contributed by atoms with Crippen LogP contribution in [0.3, 0.4) is 0 Å². The molecule has 0 spiro atoms. The average Bonchev–Trinajstić information content (AvgIpc) is 2.98. The summed E-state index contributed by atoms with van der Waals surface area (Å²) < 4.78 is 29.3. The van der Waals surface area contributed by atoms with Gasteiger partial charge in [0.25, 0.3) is 12.3 Å². The van der Waals surface area contributed by atoms with Crippen LogP contribution in [0.2, 0.25) is 5.02 Å². The zero-order chi connectivity index (χ0) is 20.3. The second-order valence-electron chi connectivity index (χ2n) is 6.08. The molecule has 0 atom stereocenters. The van der Waals surface area contributed by atoms with Gasteiger partial charge in [-0.1, -0.05) is 18.5 Å². The number of fused-ring (bicyclic) bond motifs is 1. The van der Waals surface area contributed by atoms with Crippen LogP contribution < -0.4 is 10.1 Å². The van der Waals surface area contributed by atoms with E-state index < -0.39 is 13.0 Å². The molecule has 2 amide bonds. The van der Waals surface area contributed by atoms with Crippen LogP contribution in [0.5, 0.6) is 5.88 Å². The molecule has 28 heavy (non-hydrogen) atoms. The molecule has 2 aromatic heterocycles. The van der Waals surface area contributed by atoms with Crippen LogP contribution in [0.25, 0.3) is 0 Å². The third-order valence-electron chi connectivity index (χ3n) is 4.08. The van der Waals surface area contributed by atoms with Crippen molar-refractivity contribution in [1.82, 2.24) is 14.9 Å². The molecular formula is C18H17ClF2N4O3. The maximum Gasteiger partial charge on any atom is 0.272 e. The van der Waals surface area contributed by atoms with E-state index in [1.807, 2.05) is 0 Å². The van der Waals surface area contributed by atoms with Gasteiger partial charge in [0.2, 0.25) is 11.8 Å². The summed E-state index contributed by atoms with van der Waals surface area (Å²) in [6.07, 6.45) is 0.557. The van der Waals surface area contributed by atoms with E-state index in [1.54, 1.807) is 17.9 Å². The summed E-state index contributed by atoms with van der Waals surface area (Å²) in [4.78, 5) is 34.0. The second kappa shape index (κ2) is 8.47. The highest BCUT2D eigenvalue weighted by Crippen LogP contribution is 2.30. The van der Waals surface area contributed by atoms with Crippen molar-refractivity contribution in [2.45, 2.75) is 32.9 Å². The van der Waals surface area contributed by atoms with Gasteiger partial charge in [0.15, 0.2) is 6.61 Å². The largest absolute Gasteiger partial charge is 0.471 e. The summed E-state index contributed by atoms with van der Waals surface area (Å²) in [5.74, 6) is -0.122. The lowest BCUT2D eigenvalue weighted by Crippen LogP contribution is -2.23. The molecule has 7 nitrogen and oxygen atoms in total. The third-order valence-corrected chi connectivity index (χ3v) is 4.36. The lowest BCUT2D eigenvalue weighted by atomic mass is 10.1. The van der Waals surface area contributed by atoms with Crippen LogP contribution in [0.4, 0.5) is 14.6 Å². The van der Waals surface area contributed by atoms with Gasteiger partial charge in [-0.15, -0.1) is 0 Å². The van der Waals surface area contributed by atoms with Crippen LogP contribution in [0.1, 0.15) is 34.8 Å². The van der Waals surface area contributed by atoms with Crippen molar-refractivity contribution >= 4 is 29.2 Å². The molecule has 0 saturated heterocycles. The molecule has 3 heterocycles. The van der Waals surface area contributed by atoms with Crippen LogP contribution in [0, 0.1) is 0 Å². The fraction of sp³-hybridized carbons (Fsp3) is 0.333. The number of aromatic nitrogens is 2. The molecule has 0 saturated carbocycles. The molecule has 1 aliphatic heterocycles. The minimum atomic E-state index is -2.63. The Balaban J connectivity index is 1.74. The SMILES string of the molecule is CCC(=O)Nc1nccc2c1CN(Cc1cnc(OCC(F)F)c(Cl)c1)C2=O. The molecule has 0 fully saturated rings. The Bertz CT molecular complexity index is 910. The van der Waals surface area contributed by atoms with Crippen molar-refractivity contribution in [2.24, 2.45) is 0 Å².